The van der Waals surface area contributed by atoms with E-state index in [9.17, 15) is 0 Å². The number of hydrogen-bond acceptors (Lipinski definition) is 4. The van der Waals surface area contributed by atoms with E-state index in [1.807, 2.05) is 0 Å². The molecule has 0 bridgehead atoms. The molecule has 37 heavy (non-hydrogen) atoms. The Kier molecular flexibility index (Phi) is 15.6. The van der Waals surface area contributed by atoms with Gasteiger partial charge in [0.2, 0.25) is 0 Å². The molecule has 0 atom stereocenters. The van der Waals surface area contributed by atoms with Crippen molar-refractivity contribution in [2.45, 2.75) is 55.4 Å². The van der Waals surface area contributed by atoms with E-state index in [1.54, 1.807) is 62.8 Å². The quantitative estimate of drug-likeness (QED) is 0.235. The molecule has 0 aliphatic heterocycles. The third-order valence-corrected chi connectivity index (χ3v) is 6.46. The van der Waals surface area contributed by atoms with E-state index in [1.165, 1.54) is 44.5 Å². The molecule has 0 amide bonds. The molecule has 0 saturated carbocycles. The number of phenolic OH excluding ortho intramolecular Hbond substituents is 2. The number of ether oxygens (including phenoxy) is 2. The summed E-state index contributed by atoms with van der Waals surface area (Å²) in [6.07, 6.45) is 0. The molecule has 198 valence electrons. The van der Waals surface area contributed by atoms with E-state index in [0.717, 1.165) is 0 Å². The van der Waals surface area contributed by atoms with Gasteiger partial charge in [-0.25, -0.2) is 0 Å². The Labute approximate surface area is 242 Å². The van der Waals surface area contributed by atoms with Crippen LogP contribution in [0.2, 0.25) is 0 Å². The van der Waals surface area contributed by atoms with Crippen LogP contribution < -0.4 is 9.47 Å². The van der Waals surface area contributed by atoms with E-state index < -0.39 is 0 Å². The van der Waals surface area contributed by atoms with Gasteiger partial charge in [-0.3, -0.25) is 0 Å². The van der Waals surface area contributed by atoms with Gasteiger partial charge in [0.25, 0.3) is 0 Å². The van der Waals surface area contributed by atoms with Gasteiger partial charge >= 0.3 is 26.2 Å². The van der Waals surface area contributed by atoms with Crippen LogP contribution in [0.15, 0.2) is 60.7 Å². The zero-order valence-corrected chi connectivity index (χ0v) is 26.4. The van der Waals surface area contributed by atoms with Crippen LogP contribution in [-0.2, 0) is 26.2 Å². The van der Waals surface area contributed by atoms with Gasteiger partial charge in [0, 0.05) is 12.1 Å². The zero-order chi connectivity index (χ0) is 27.4. The van der Waals surface area contributed by atoms with Gasteiger partial charge in [0.15, 0.2) is 0 Å². The Morgan fingerprint density at radius 1 is 0.595 bits per heavy atom. The number of aromatic hydroxyl groups is 2. The Morgan fingerprint density at radius 3 is 1.05 bits per heavy atom. The fourth-order valence-electron chi connectivity index (χ4n) is 3.49. The van der Waals surface area contributed by atoms with Crippen molar-refractivity contribution < 1.29 is 45.9 Å². The van der Waals surface area contributed by atoms with Crippen LogP contribution in [0, 0.1) is 55.4 Å². The van der Waals surface area contributed by atoms with Crippen molar-refractivity contribution in [1.82, 2.24) is 0 Å². The standard InChI is InChI=1S/2C9H13.2C7H8O2.Zr/c2*1-6-5-7(2)9(4)8(6)3;2*1-9-7-4-2-3-6(8)5-7;/h2*5H,1-4H3;2*2-5,8H,1H3;/q2*-1;;;+2. The molecule has 0 spiro atoms. The van der Waals surface area contributed by atoms with Gasteiger partial charge in [0.05, 0.1) is 14.2 Å². The molecule has 0 aliphatic carbocycles. The SMILES string of the molecule is COc1cccc(O)c1.COc1cccc(O)c1.Cc1c[c-](C)c(C)c1C.Cc1c[c-](C)c(C)c1C.[Zr+2]. The Hall–Kier alpha value is -2.78. The summed E-state index contributed by atoms with van der Waals surface area (Å²) >= 11 is 0. The summed E-state index contributed by atoms with van der Waals surface area (Å²) in [7, 11) is 3.13. The summed E-state index contributed by atoms with van der Waals surface area (Å²) in [5, 5.41) is 17.7. The van der Waals surface area contributed by atoms with E-state index in [4.69, 9.17) is 19.7 Å². The van der Waals surface area contributed by atoms with E-state index in [0.29, 0.717) is 11.5 Å². The van der Waals surface area contributed by atoms with Gasteiger partial charge in [-0.2, -0.15) is 56.6 Å². The summed E-state index contributed by atoms with van der Waals surface area (Å²) < 4.78 is 9.67. The maximum Gasteiger partial charge on any atom is 2.00 e. The molecule has 0 aliphatic rings. The molecule has 0 aromatic heterocycles. The van der Waals surface area contributed by atoms with Crippen molar-refractivity contribution in [2.24, 2.45) is 0 Å². The fraction of sp³-hybridized carbons (Fsp3) is 0.312. The number of aryl methyl sites for hydroxylation is 4. The first-order valence-corrected chi connectivity index (χ1v) is 12.0. The van der Waals surface area contributed by atoms with E-state index >= 15 is 0 Å². The first-order chi connectivity index (χ1) is 16.9. The van der Waals surface area contributed by atoms with Crippen LogP contribution >= 0.6 is 0 Å². The number of phenols is 2. The molecule has 4 aromatic rings. The van der Waals surface area contributed by atoms with Crippen LogP contribution in [-0.4, -0.2) is 24.4 Å². The smallest absolute Gasteiger partial charge is 0.508 e. The monoisotopic (exact) mass is 580 g/mol. The molecule has 0 radical (unpaired) electrons. The van der Waals surface area contributed by atoms with Crippen LogP contribution in [0.5, 0.6) is 23.0 Å². The molecule has 2 N–H and O–H groups in total. The molecule has 0 unspecified atom stereocenters. The molecule has 0 saturated heterocycles. The predicted octanol–water partition coefficient (Wildman–Crippen LogP) is 8.08. The van der Waals surface area contributed by atoms with Crippen molar-refractivity contribution in [1.29, 1.82) is 0 Å². The molecule has 0 heterocycles. The summed E-state index contributed by atoms with van der Waals surface area (Å²) in [5.41, 5.74) is 11.5. The second-order valence-corrected chi connectivity index (χ2v) is 8.92. The molecule has 4 aromatic carbocycles. The predicted molar refractivity (Wildman–Crippen MR) is 151 cm³/mol. The summed E-state index contributed by atoms with van der Waals surface area (Å²) in [4.78, 5) is 0. The normalized spacial score (nSPS) is 9.35. The Balaban J connectivity index is 0.000000463. The molecular weight excluding hydrogens is 540 g/mol. The van der Waals surface area contributed by atoms with Crippen LogP contribution in [0.3, 0.4) is 0 Å². The van der Waals surface area contributed by atoms with Crippen molar-refractivity contribution in [3.8, 4) is 23.0 Å². The van der Waals surface area contributed by atoms with Crippen LogP contribution in [0.1, 0.15) is 44.5 Å². The van der Waals surface area contributed by atoms with E-state index in [2.05, 4.69) is 67.5 Å². The maximum atomic E-state index is 8.86. The number of methoxy groups -OCH3 is 2. The summed E-state index contributed by atoms with van der Waals surface area (Å²) in [5.74, 6) is 1.81. The van der Waals surface area contributed by atoms with Gasteiger partial charge in [-0.05, 0) is 24.3 Å². The second kappa shape index (κ2) is 16.9. The minimum Gasteiger partial charge on any atom is -0.508 e. The second-order valence-electron chi connectivity index (χ2n) is 8.92. The molecule has 4 nitrogen and oxygen atoms in total. The van der Waals surface area contributed by atoms with Crippen LogP contribution in [0.25, 0.3) is 0 Å². The van der Waals surface area contributed by atoms with Gasteiger partial charge in [0.1, 0.15) is 23.0 Å². The molecule has 4 rings (SSSR count). The van der Waals surface area contributed by atoms with Gasteiger partial charge in [-0.15, -0.1) is 0 Å². The largest absolute Gasteiger partial charge is 2.00 e. The van der Waals surface area contributed by atoms with Gasteiger partial charge < -0.3 is 19.7 Å². The number of hydrogen-bond donors (Lipinski definition) is 2. The average Bonchev–Trinajstić information content (AvgIpc) is 3.22. The maximum absolute atomic E-state index is 8.86. The van der Waals surface area contributed by atoms with Crippen LogP contribution in [0.4, 0.5) is 0 Å². The first-order valence-electron chi connectivity index (χ1n) is 12.0. The Morgan fingerprint density at radius 2 is 0.919 bits per heavy atom. The molecular formula is C32H42O4Zr. The minimum atomic E-state index is 0. The average molecular weight is 582 g/mol. The summed E-state index contributed by atoms with van der Waals surface area (Å²) in [6.45, 7) is 17.4. The fourth-order valence-corrected chi connectivity index (χ4v) is 3.49. The first kappa shape index (κ1) is 34.2. The third kappa shape index (κ3) is 11.4. The zero-order valence-electron chi connectivity index (χ0n) is 24.0. The van der Waals surface area contributed by atoms with Gasteiger partial charge in [-0.1, -0.05) is 67.5 Å². The number of rotatable bonds is 2. The molecule has 5 heteroatoms. The molecule has 0 fully saturated rings. The minimum absolute atomic E-state index is 0. The van der Waals surface area contributed by atoms with Crippen molar-refractivity contribution in [3.63, 3.8) is 0 Å². The summed E-state index contributed by atoms with van der Waals surface area (Å²) in [6, 6.07) is 17.8. The van der Waals surface area contributed by atoms with E-state index in [-0.39, 0.29) is 37.7 Å². The topological polar surface area (TPSA) is 58.9 Å². The van der Waals surface area contributed by atoms with Crippen molar-refractivity contribution in [2.75, 3.05) is 14.2 Å². The Bertz CT molecular complexity index is 1080. The van der Waals surface area contributed by atoms with Crippen molar-refractivity contribution in [3.05, 3.63) is 105 Å². The van der Waals surface area contributed by atoms with Crippen molar-refractivity contribution >= 4 is 0 Å². The third-order valence-electron chi connectivity index (χ3n) is 6.46. The number of benzene rings is 2.